The number of benzene rings is 3. The van der Waals surface area contributed by atoms with Gasteiger partial charge in [-0.25, -0.2) is 9.59 Å². The van der Waals surface area contributed by atoms with Crippen molar-refractivity contribution in [3.05, 3.63) is 83.9 Å². The molecule has 1 atom stereocenters. The third-order valence-electron chi connectivity index (χ3n) is 6.70. The van der Waals surface area contributed by atoms with Crippen molar-refractivity contribution in [1.29, 1.82) is 0 Å². The molecule has 0 aliphatic rings. The first-order chi connectivity index (χ1) is 21.2. The van der Waals surface area contributed by atoms with Gasteiger partial charge in [-0.2, -0.15) is 13.2 Å². The second-order valence-corrected chi connectivity index (χ2v) is 10.0. The third-order valence-corrected chi connectivity index (χ3v) is 6.70. The van der Waals surface area contributed by atoms with Gasteiger partial charge >= 0.3 is 18.1 Å². The highest BCUT2D eigenvalue weighted by Gasteiger charge is 2.42. The molecule has 0 saturated heterocycles. The number of hydrogen-bond donors (Lipinski definition) is 0. The van der Waals surface area contributed by atoms with Crippen molar-refractivity contribution in [2.75, 3.05) is 33.5 Å². The number of methoxy groups -OCH3 is 1. The molecular formula is C34H39F3O7. The molecule has 3 aromatic rings. The fourth-order valence-corrected chi connectivity index (χ4v) is 4.30. The first kappa shape index (κ1) is 34.6. The Bertz CT molecular complexity index is 1290. The van der Waals surface area contributed by atoms with Gasteiger partial charge in [0.25, 0.3) is 0 Å². The lowest BCUT2D eigenvalue weighted by atomic mass is 10.0. The molecule has 0 saturated carbocycles. The lowest BCUT2D eigenvalue weighted by molar-refractivity contribution is -0.206. The molecule has 0 radical (unpaired) electrons. The van der Waals surface area contributed by atoms with Crippen LogP contribution in [0.5, 0.6) is 11.5 Å². The topological polar surface area (TPSA) is 80.3 Å². The van der Waals surface area contributed by atoms with Gasteiger partial charge in [0.2, 0.25) is 0 Å². The second-order valence-electron chi connectivity index (χ2n) is 10.0. The predicted octanol–water partition coefficient (Wildman–Crippen LogP) is 8.06. The van der Waals surface area contributed by atoms with Crippen molar-refractivity contribution in [1.82, 2.24) is 0 Å². The minimum Gasteiger partial charge on any atom is -0.494 e. The number of esters is 2. The molecule has 3 rings (SSSR count). The number of carbonyl (C=O) groups excluding carboxylic acids is 2. The summed E-state index contributed by atoms with van der Waals surface area (Å²) in [6.07, 6.45) is -4.24. The van der Waals surface area contributed by atoms with E-state index in [0.29, 0.717) is 39.3 Å². The Balaban J connectivity index is 1.59. The van der Waals surface area contributed by atoms with E-state index >= 15 is 0 Å². The van der Waals surface area contributed by atoms with Crippen LogP contribution < -0.4 is 9.47 Å². The highest BCUT2D eigenvalue weighted by molar-refractivity contribution is 5.96. The number of carbonyl (C=O) groups is 2. The average molecular weight is 617 g/mol. The summed E-state index contributed by atoms with van der Waals surface area (Å²) in [7, 11) is 1.67. The van der Waals surface area contributed by atoms with Crippen LogP contribution in [0.4, 0.5) is 13.2 Å². The van der Waals surface area contributed by atoms with Crippen LogP contribution in [0.3, 0.4) is 0 Å². The number of alkyl halides is 3. The summed E-state index contributed by atoms with van der Waals surface area (Å²) in [5.74, 6) is -1.43. The standard InChI is InChI=1S/C34H39F3O7/c1-3-41-23-8-4-5-13-31(34(35,36)37)44-33(39)29-11-6-7-12-30(29)43-32(38)27-16-14-25(15-17-27)26-18-20-28(21-19-26)42-24-10-9-22-40-2/h6-7,11-12,14-21,31H,3-5,8-10,13,22-24H2,1-2H3/t31-/m1/s1. The summed E-state index contributed by atoms with van der Waals surface area (Å²) in [5, 5.41) is 0. The molecule has 3 aromatic carbocycles. The Labute approximate surface area is 256 Å². The number of halogens is 3. The maximum Gasteiger partial charge on any atom is 0.425 e. The van der Waals surface area contributed by atoms with Crippen molar-refractivity contribution >= 4 is 11.9 Å². The van der Waals surface area contributed by atoms with Gasteiger partial charge in [0, 0.05) is 26.9 Å². The van der Waals surface area contributed by atoms with Crippen LogP contribution >= 0.6 is 0 Å². The van der Waals surface area contributed by atoms with Crippen molar-refractivity contribution in [3.63, 3.8) is 0 Å². The van der Waals surface area contributed by atoms with Gasteiger partial charge in [-0.05, 0) is 86.6 Å². The van der Waals surface area contributed by atoms with Crippen LogP contribution in [0, 0.1) is 0 Å². The predicted molar refractivity (Wildman–Crippen MR) is 160 cm³/mol. The molecule has 0 aliphatic heterocycles. The van der Waals surface area contributed by atoms with Gasteiger partial charge in [-0.3, -0.25) is 0 Å². The first-order valence-corrected chi connectivity index (χ1v) is 14.7. The Morgan fingerprint density at radius 2 is 1.39 bits per heavy atom. The molecule has 0 amide bonds. The molecule has 238 valence electrons. The number of ether oxygens (including phenoxy) is 5. The zero-order valence-electron chi connectivity index (χ0n) is 25.1. The van der Waals surface area contributed by atoms with Crippen LogP contribution in [0.15, 0.2) is 72.8 Å². The molecule has 0 unspecified atom stereocenters. The molecule has 7 nitrogen and oxygen atoms in total. The summed E-state index contributed by atoms with van der Waals surface area (Å²) in [4.78, 5) is 25.7. The Kier molecular flexibility index (Phi) is 14.2. The monoisotopic (exact) mass is 616 g/mol. The van der Waals surface area contributed by atoms with E-state index in [4.69, 9.17) is 23.7 Å². The molecule has 0 N–H and O–H groups in total. The molecular weight excluding hydrogens is 577 g/mol. The maximum absolute atomic E-state index is 13.6. The van der Waals surface area contributed by atoms with E-state index in [1.54, 1.807) is 31.4 Å². The maximum atomic E-state index is 13.6. The van der Waals surface area contributed by atoms with E-state index in [1.165, 1.54) is 24.3 Å². The first-order valence-electron chi connectivity index (χ1n) is 14.7. The van der Waals surface area contributed by atoms with Crippen LogP contribution in [-0.4, -0.2) is 57.8 Å². The summed E-state index contributed by atoms with van der Waals surface area (Å²) >= 11 is 0. The highest BCUT2D eigenvalue weighted by atomic mass is 19.4. The van der Waals surface area contributed by atoms with Crippen molar-refractivity contribution in [2.24, 2.45) is 0 Å². The zero-order chi connectivity index (χ0) is 31.8. The lowest BCUT2D eigenvalue weighted by Crippen LogP contribution is -2.34. The van der Waals surface area contributed by atoms with Gasteiger partial charge < -0.3 is 23.7 Å². The molecule has 10 heteroatoms. The van der Waals surface area contributed by atoms with Gasteiger partial charge in [0.15, 0.2) is 6.10 Å². The average Bonchev–Trinajstić information content (AvgIpc) is 3.02. The van der Waals surface area contributed by atoms with E-state index in [1.807, 2.05) is 31.2 Å². The number of hydrogen-bond acceptors (Lipinski definition) is 7. The second kappa shape index (κ2) is 18.0. The summed E-state index contributed by atoms with van der Waals surface area (Å²) in [5.41, 5.74) is 1.70. The van der Waals surface area contributed by atoms with Gasteiger partial charge in [-0.1, -0.05) is 42.8 Å². The van der Waals surface area contributed by atoms with Crippen molar-refractivity contribution in [3.8, 4) is 22.6 Å². The van der Waals surface area contributed by atoms with Crippen molar-refractivity contribution in [2.45, 2.75) is 57.7 Å². The van der Waals surface area contributed by atoms with Crippen LogP contribution in [0.1, 0.15) is 66.2 Å². The molecule has 0 aromatic heterocycles. The lowest BCUT2D eigenvalue weighted by Gasteiger charge is -2.21. The fraction of sp³-hybridized carbons (Fsp3) is 0.412. The van der Waals surface area contributed by atoms with E-state index in [0.717, 1.165) is 29.7 Å². The minimum atomic E-state index is -4.74. The van der Waals surface area contributed by atoms with E-state index in [2.05, 4.69) is 0 Å². The quantitative estimate of drug-likeness (QED) is 0.0813. The highest BCUT2D eigenvalue weighted by Crippen LogP contribution is 2.30. The number of rotatable bonds is 18. The minimum absolute atomic E-state index is 0.193. The van der Waals surface area contributed by atoms with Gasteiger partial charge in [0.1, 0.15) is 17.1 Å². The SMILES string of the molecule is CCOCCCCC[C@@H](OC(=O)c1ccccc1OC(=O)c1ccc(-c2ccc(OCCCCOC)cc2)cc1)C(F)(F)F. The van der Waals surface area contributed by atoms with Gasteiger partial charge in [-0.15, -0.1) is 0 Å². The van der Waals surface area contributed by atoms with E-state index in [9.17, 15) is 22.8 Å². The molecule has 0 fully saturated rings. The molecule has 44 heavy (non-hydrogen) atoms. The van der Waals surface area contributed by atoms with Crippen LogP contribution in [0.2, 0.25) is 0 Å². The molecule has 0 bridgehead atoms. The summed E-state index contributed by atoms with van der Waals surface area (Å²) in [6, 6.07) is 19.8. The van der Waals surface area contributed by atoms with Crippen molar-refractivity contribution < 1.29 is 46.4 Å². The fourth-order valence-electron chi connectivity index (χ4n) is 4.30. The Morgan fingerprint density at radius 3 is 2.05 bits per heavy atom. The summed E-state index contributed by atoms with van der Waals surface area (Å²) in [6.45, 7) is 4.14. The Morgan fingerprint density at radius 1 is 0.750 bits per heavy atom. The van der Waals surface area contributed by atoms with Gasteiger partial charge in [0.05, 0.1) is 12.2 Å². The van der Waals surface area contributed by atoms with Crippen LogP contribution in [-0.2, 0) is 14.2 Å². The molecule has 0 aliphatic carbocycles. The molecule has 0 heterocycles. The number of para-hydroxylation sites is 1. The third kappa shape index (κ3) is 11.3. The molecule has 0 spiro atoms. The zero-order valence-corrected chi connectivity index (χ0v) is 25.1. The Hall–Kier alpha value is -3.89. The summed E-state index contributed by atoms with van der Waals surface area (Å²) < 4.78 is 67.1. The number of unbranched alkanes of at least 4 members (excludes halogenated alkanes) is 3. The van der Waals surface area contributed by atoms with Crippen LogP contribution in [0.25, 0.3) is 11.1 Å². The smallest absolute Gasteiger partial charge is 0.425 e. The van der Waals surface area contributed by atoms with E-state index in [-0.39, 0.29) is 29.7 Å². The largest absolute Gasteiger partial charge is 0.494 e. The van der Waals surface area contributed by atoms with E-state index < -0.39 is 24.2 Å². The normalized spacial score (nSPS) is 12.0.